The van der Waals surface area contributed by atoms with Crippen molar-refractivity contribution in [2.24, 2.45) is 0 Å². The molecule has 0 radical (unpaired) electrons. The lowest BCUT2D eigenvalue weighted by Gasteiger charge is -2.23. The van der Waals surface area contributed by atoms with Gasteiger partial charge in [0.25, 0.3) is 0 Å². The van der Waals surface area contributed by atoms with E-state index in [1.54, 1.807) is 0 Å². The number of hydrogen-bond donors (Lipinski definition) is 0. The van der Waals surface area contributed by atoms with E-state index in [-0.39, 0.29) is 0 Å². The smallest absolute Gasteiger partial charge is 0.0931 e. The number of nitrogens with zero attached hydrogens (tertiary/aromatic N) is 2. The van der Waals surface area contributed by atoms with Crippen LogP contribution in [-0.4, -0.2) is 9.97 Å². The molecule has 0 amide bonds. The Morgan fingerprint density at radius 3 is 2.31 bits per heavy atom. The quantitative estimate of drug-likeness (QED) is 0.478. The fourth-order valence-corrected chi connectivity index (χ4v) is 3.80. The summed E-state index contributed by atoms with van der Waals surface area (Å²) in [6.45, 7) is 0. The average Bonchev–Trinajstić information content (AvgIpc) is 2.74. The van der Waals surface area contributed by atoms with Crippen molar-refractivity contribution in [1.29, 1.82) is 0 Å². The molecule has 0 spiro atoms. The summed E-state index contributed by atoms with van der Waals surface area (Å²) in [5, 5.41) is 0. The van der Waals surface area contributed by atoms with Gasteiger partial charge in [0.1, 0.15) is 0 Å². The molecular weight excluding hydrogens is 316 g/mol. The van der Waals surface area contributed by atoms with Crippen molar-refractivity contribution < 1.29 is 0 Å². The van der Waals surface area contributed by atoms with Crippen LogP contribution in [0.3, 0.4) is 0 Å². The van der Waals surface area contributed by atoms with Gasteiger partial charge in [0.15, 0.2) is 0 Å². The normalized spacial score (nSPS) is 12.3. The Balaban J connectivity index is 1.81. The summed E-state index contributed by atoms with van der Waals surface area (Å²) in [6, 6.07) is 27.4. The monoisotopic (exact) mass is 334 g/mol. The van der Waals surface area contributed by atoms with E-state index >= 15 is 0 Å². The minimum Gasteiger partial charge on any atom is -0.255 e. The maximum absolute atomic E-state index is 5.04. The first-order valence-electron chi connectivity index (χ1n) is 8.99. The van der Waals surface area contributed by atoms with Crippen molar-refractivity contribution >= 4 is 0 Å². The number of fused-ring (bicyclic) bond motifs is 3. The van der Waals surface area contributed by atoms with E-state index in [1.807, 2.05) is 24.4 Å². The van der Waals surface area contributed by atoms with E-state index in [9.17, 15) is 0 Å². The summed E-state index contributed by atoms with van der Waals surface area (Å²) in [5.41, 5.74) is 9.43. The third kappa shape index (κ3) is 2.51. The molecule has 5 rings (SSSR count). The van der Waals surface area contributed by atoms with Crippen LogP contribution in [0.1, 0.15) is 11.1 Å². The number of aromatic nitrogens is 2. The SMILES string of the molecule is c1ccc(-c2cc3c(c(-c4ccccn4)n2)CCc2ccccc2-3)cc1. The van der Waals surface area contributed by atoms with Crippen LogP contribution in [0.2, 0.25) is 0 Å². The van der Waals surface area contributed by atoms with Gasteiger partial charge in [0, 0.05) is 11.8 Å². The molecule has 124 valence electrons. The van der Waals surface area contributed by atoms with Gasteiger partial charge in [-0.1, -0.05) is 60.7 Å². The largest absolute Gasteiger partial charge is 0.255 e. The second-order valence-electron chi connectivity index (χ2n) is 6.62. The molecule has 0 unspecified atom stereocenters. The van der Waals surface area contributed by atoms with Gasteiger partial charge in [-0.15, -0.1) is 0 Å². The molecule has 0 bridgehead atoms. The minimum atomic E-state index is 0.945. The van der Waals surface area contributed by atoms with E-state index in [2.05, 4.69) is 65.6 Å². The summed E-state index contributed by atoms with van der Waals surface area (Å²) in [6.07, 6.45) is 3.89. The zero-order valence-corrected chi connectivity index (χ0v) is 14.4. The lowest BCUT2D eigenvalue weighted by Crippen LogP contribution is -2.08. The van der Waals surface area contributed by atoms with Crippen LogP contribution in [0.4, 0.5) is 0 Å². The Morgan fingerprint density at radius 2 is 1.46 bits per heavy atom. The summed E-state index contributed by atoms with van der Waals surface area (Å²) < 4.78 is 0. The average molecular weight is 334 g/mol. The van der Waals surface area contributed by atoms with Crippen molar-refractivity contribution in [3.8, 4) is 33.8 Å². The third-order valence-electron chi connectivity index (χ3n) is 5.05. The zero-order valence-electron chi connectivity index (χ0n) is 14.4. The first kappa shape index (κ1) is 15.0. The first-order chi connectivity index (χ1) is 12.9. The van der Waals surface area contributed by atoms with Crippen LogP contribution in [0.5, 0.6) is 0 Å². The van der Waals surface area contributed by atoms with E-state index in [4.69, 9.17) is 4.98 Å². The topological polar surface area (TPSA) is 25.8 Å². The van der Waals surface area contributed by atoms with Crippen molar-refractivity contribution in [3.05, 3.63) is 96.2 Å². The summed E-state index contributed by atoms with van der Waals surface area (Å²) >= 11 is 0. The molecule has 2 heterocycles. The molecular formula is C24H18N2. The molecule has 4 aromatic rings. The van der Waals surface area contributed by atoms with Gasteiger partial charge in [0.05, 0.1) is 17.1 Å². The van der Waals surface area contributed by atoms with E-state index in [1.165, 1.54) is 22.3 Å². The molecule has 1 aliphatic carbocycles. The number of rotatable bonds is 2. The van der Waals surface area contributed by atoms with Crippen molar-refractivity contribution in [2.75, 3.05) is 0 Å². The molecule has 0 atom stereocenters. The van der Waals surface area contributed by atoms with Crippen LogP contribution in [0.15, 0.2) is 85.1 Å². The third-order valence-corrected chi connectivity index (χ3v) is 5.05. The minimum absolute atomic E-state index is 0.945. The van der Waals surface area contributed by atoms with Gasteiger partial charge in [-0.2, -0.15) is 0 Å². The maximum atomic E-state index is 5.04. The van der Waals surface area contributed by atoms with Crippen molar-refractivity contribution in [3.63, 3.8) is 0 Å². The van der Waals surface area contributed by atoms with Crippen LogP contribution in [0.25, 0.3) is 33.8 Å². The number of aryl methyl sites for hydroxylation is 1. The molecule has 2 aromatic heterocycles. The Morgan fingerprint density at radius 1 is 0.654 bits per heavy atom. The van der Waals surface area contributed by atoms with E-state index < -0.39 is 0 Å². The number of pyridine rings is 2. The first-order valence-corrected chi connectivity index (χ1v) is 8.99. The number of benzene rings is 2. The summed E-state index contributed by atoms with van der Waals surface area (Å²) in [5.74, 6) is 0. The predicted molar refractivity (Wildman–Crippen MR) is 106 cm³/mol. The second kappa shape index (κ2) is 6.23. The fraction of sp³-hybridized carbons (Fsp3) is 0.0833. The molecule has 0 aliphatic heterocycles. The summed E-state index contributed by atoms with van der Waals surface area (Å²) in [4.78, 5) is 9.62. The standard InChI is InChI=1S/C24H18N2/c1-2-9-18(10-3-1)23-16-21-19-11-5-4-8-17(19)13-14-20(21)24(26-23)22-12-6-7-15-25-22/h1-12,15-16H,13-14H2. The number of hydrogen-bond acceptors (Lipinski definition) is 2. The van der Waals surface area contributed by atoms with Crippen molar-refractivity contribution in [1.82, 2.24) is 9.97 Å². The highest BCUT2D eigenvalue weighted by molar-refractivity contribution is 5.82. The van der Waals surface area contributed by atoms with Crippen LogP contribution >= 0.6 is 0 Å². The van der Waals surface area contributed by atoms with Crippen molar-refractivity contribution in [2.45, 2.75) is 12.8 Å². The Hall–Kier alpha value is -3.26. The Kier molecular flexibility index (Phi) is 3.60. The predicted octanol–water partition coefficient (Wildman–Crippen LogP) is 5.58. The molecule has 0 N–H and O–H groups in total. The van der Waals surface area contributed by atoms with Gasteiger partial charge in [-0.3, -0.25) is 4.98 Å². The molecule has 2 heteroatoms. The molecule has 2 aromatic carbocycles. The molecule has 2 nitrogen and oxygen atoms in total. The summed E-state index contributed by atoms with van der Waals surface area (Å²) in [7, 11) is 0. The molecule has 26 heavy (non-hydrogen) atoms. The van der Waals surface area contributed by atoms with Gasteiger partial charge in [-0.05, 0) is 53.3 Å². The fourth-order valence-electron chi connectivity index (χ4n) is 3.80. The van der Waals surface area contributed by atoms with Gasteiger partial charge in [-0.25, -0.2) is 4.98 Å². The van der Waals surface area contributed by atoms with Gasteiger partial charge >= 0.3 is 0 Å². The van der Waals surface area contributed by atoms with Crippen LogP contribution in [-0.2, 0) is 12.8 Å². The van der Waals surface area contributed by atoms with Gasteiger partial charge in [0.2, 0.25) is 0 Å². The Labute approximate surface area is 153 Å². The van der Waals surface area contributed by atoms with Crippen LogP contribution in [0, 0.1) is 0 Å². The lowest BCUT2D eigenvalue weighted by atomic mass is 9.83. The highest BCUT2D eigenvalue weighted by Crippen LogP contribution is 2.39. The molecule has 0 saturated heterocycles. The lowest BCUT2D eigenvalue weighted by molar-refractivity contribution is 0.933. The second-order valence-corrected chi connectivity index (χ2v) is 6.62. The van der Waals surface area contributed by atoms with E-state index in [0.29, 0.717) is 0 Å². The highest BCUT2D eigenvalue weighted by atomic mass is 14.8. The zero-order chi connectivity index (χ0) is 17.3. The van der Waals surface area contributed by atoms with Gasteiger partial charge < -0.3 is 0 Å². The maximum Gasteiger partial charge on any atom is 0.0931 e. The Bertz CT molecular complexity index is 1050. The molecule has 0 saturated carbocycles. The highest BCUT2D eigenvalue weighted by Gasteiger charge is 2.22. The van der Waals surface area contributed by atoms with E-state index in [0.717, 1.165) is 35.5 Å². The molecule has 1 aliphatic rings. The molecule has 0 fully saturated rings. The van der Waals surface area contributed by atoms with Crippen LogP contribution < -0.4 is 0 Å².